The second-order valence-electron chi connectivity index (χ2n) is 6.92. The summed E-state index contributed by atoms with van der Waals surface area (Å²) in [6.45, 7) is 8.46. The monoisotopic (exact) mass is 366 g/mol. The lowest BCUT2D eigenvalue weighted by Gasteiger charge is -2.23. The molecule has 0 atom stereocenters. The molecule has 25 heavy (non-hydrogen) atoms. The number of aryl methyl sites for hydroxylation is 1. The van der Waals surface area contributed by atoms with E-state index in [1.54, 1.807) is 0 Å². The molecule has 6 nitrogen and oxygen atoms in total. The molecular weight excluding hydrogens is 340 g/mol. The van der Waals surface area contributed by atoms with Crippen molar-refractivity contribution in [3.8, 4) is 11.4 Å². The Bertz CT molecular complexity index is 681. The smallest absolute Gasteiger partial charge is 0.227 e. The lowest BCUT2D eigenvalue weighted by Crippen LogP contribution is -2.48. The zero-order valence-electron chi connectivity index (χ0n) is 15.2. The normalized spacial score (nSPS) is 11.3. The molecule has 7 heteroatoms. The average Bonchev–Trinajstić information content (AvgIpc) is 3.01. The van der Waals surface area contributed by atoms with Crippen molar-refractivity contribution >= 4 is 18.3 Å². The first-order valence-corrected chi connectivity index (χ1v) is 8.25. The Morgan fingerprint density at radius 3 is 2.48 bits per heavy atom. The minimum Gasteiger partial charge on any atom is -0.350 e. The van der Waals surface area contributed by atoms with Gasteiger partial charge in [-0.3, -0.25) is 4.79 Å². The fourth-order valence-electron chi connectivity index (χ4n) is 2.20. The molecule has 3 N–H and O–H groups in total. The Hall–Kier alpha value is -1.92. The SMILES string of the molecule is CC(C)c1ccc(-c2noc(CCC(=O)NC(C)(C)CN)n2)cc1.Cl. The summed E-state index contributed by atoms with van der Waals surface area (Å²) in [6, 6.07) is 8.11. The van der Waals surface area contributed by atoms with Crippen molar-refractivity contribution in [1.29, 1.82) is 0 Å². The fourth-order valence-corrected chi connectivity index (χ4v) is 2.20. The third-order valence-corrected chi connectivity index (χ3v) is 3.86. The first-order valence-electron chi connectivity index (χ1n) is 8.25. The van der Waals surface area contributed by atoms with Crippen LogP contribution in [0.4, 0.5) is 0 Å². The van der Waals surface area contributed by atoms with Crippen LogP contribution < -0.4 is 11.1 Å². The number of nitrogens with one attached hydrogen (secondary N) is 1. The van der Waals surface area contributed by atoms with Crippen molar-refractivity contribution in [2.75, 3.05) is 6.54 Å². The molecule has 1 aromatic carbocycles. The van der Waals surface area contributed by atoms with Gasteiger partial charge in [0, 0.05) is 30.5 Å². The maximum Gasteiger partial charge on any atom is 0.227 e. The van der Waals surface area contributed by atoms with Crippen molar-refractivity contribution in [1.82, 2.24) is 15.5 Å². The summed E-state index contributed by atoms with van der Waals surface area (Å²) < 4.78 is 5.24. The van der Waals surface area contributed by atoms with E-state index in [1.165, 1.54) is 5.56 Å². The average molecular weight is 367 g/mol. The van der Waals surface area contributed by atoms with Crippen molar-refractivity contribution in [2.45, 2.75) is 52.0 Å². The molecule has 1 aromatic heterocycles. The first kappa shape index (κ1) is 21.1. The topological polar surface area (TPSA) is 94.0 Å². The Kier molecular flexibility index (Phi) is 7.58. The number of hydrogen-bond acceptors (Lipinski definition) is 5. The number of nitrogens with zero attached hydrogens (tertiary/aromatic N) is 2. The van der Waals surface area contributed by atoms with E-state index in [0.29, 0.717) is 30.6 Å². The number of hydrogen-bond donors (Lipinski definition) is 2. The maximum absolute atomic E-state index is 11.9. The number of nitrogens with two attached hydrogens (primary N) is 1. The molecule has 0 saturated carbocycles. The van der Waals surface area contributed by atoms with Gasteiger partial charge in [0.05, 0.1) is 0 Å². The zero-order valence-corrected chi connectivity index (χ0v) is 16.0. The van der Waals surface area contributed by atoms with Crippen LogP contribution in [0, 0.1) is 0 Å². The van der Waals surface area contributed by atoms with Crippen LogP contribution in [-0.4, -0.2) is 28.1 Å². The van der Waals surface area contributed by atoms with Crippen molar-refractivity contribution < 1.29 is 9.32 Å². The summed E-state index contributed by atoms with van der Waals surface area (Å²) in [4.78, 5) is 16.3. The van der Waals surface area contributed by atoms with E-state index in [9.17, 15) is 4.79 Å². The molecule has 0 radical (unpaired) electrons. The van der Waals surface area contributed by atoms with Crippen molar-refractivity contribution in [2.24, 2.45) is 5.73 Å². The summed E-state index contributed by atoms with van der Waals surface area (Å²) in [7, 11) is 0. The number of aromatic nitrogens is 2. The third kappa shape index (κ3) is 6.14. The summed E-state index contributed by atoms with van der Waals surface area (Å²) >= 11 is 0. The number of amides is 1. The van der Waals surface area contributed by atoms with Crippen molar-refractivity contribution in [3.05, 3.63) is 35.7 Å². The van der Waals surface area contributed by atoms with Gasteiger partial charge in [-0.1, -0.05) is 43.3 Å². The van der Waals surface area contributed by atoms with Gasteiger partial charge < -0.3 is 15.6 Å². The molecule has 0 fully saturated rings. The lowest BCUT2D eigenvalue weighted by atomic mass is 10.0. The molecule has 0 aliphatic heterocycles. The predicted molar refractivity (Wildman–Crippen MR) is 101 cm³/mol. The van der Waals surface area contributed by atoms with Gasteiger partial charge in [0.1, 0.15) is 0 Å². The Labute approximate surface area is 155 Å². The van der Waals surface area contributed by atoms with Crippen LogP contribution in [0.15, 0.2) is 28.8 Å². The Morgan fingerprint density at radius 2 is 1.92 bits per heavy atom. The summed E-state index contributed by atoms with van der Waals surface area (Å²) in [6.07, 6.45) is 0.695. The van der Waals surface area contributed by atoms with E-state index in [-0.39, 0.29) is 24.7 Å². The van der Waals surface area contributed by atoms with Gasteiger partial charge in [0.2, 0.25) is 17.6 Å². The lowest BCUT2D eigenvalue weighted by molar-refractivity contribution is -0.122. The highest BCUT2D eigenvalue weighted by molar-refractivity contribution is 5.85. The number of carbonyl (C=O) groups is 1. The molecular formula is C18H27ClN4O2. The molecule has 0 aliphatic rings. The largest absolute Gasteiger partial charge is 0.350 e. The highest BCUT2D eigenvalue weighted by Crippen LogP contribution is 2.20. The summed E-state index contributed by atoms with van der Waals surface area (Å²) in [5.74, 6) is 1.41. The van der Waals surface area contributed by atoms with Crippen LogP contribution in [0.5, 0.6) is 0 Å². The molecule has 0 spiro atoms. The molecule has 138 valence electrons. The minimum atomic E-state index is -0.407. The number of halogens is 1. The van der Waals surface area contributed by atoms with E-state index in [0.717, 1.165) is 5.56 Å². The summed E-state index contributed by atoms with van der Waals surface area (Å²) in [5.41, 5.74) is 7.37. The van der Waals surface area contributed by atoms with Gasteiger partial charge in [-0.05, 0) is 25.3 Å². The van der Waals surface area contributed by atoms with E-state index >= 15 is 0 Å². The number of rotatable bonds is 7. The Balaban J connectivity index is 0.00000312. The molecule has 0 bridgehead atoms. The fraction of sp³-hybridized carbons (Fsp3) is 0.500. The second-order valence-corrected chi connectivity index (χ2v) is 6.92. The van der Waals surface area contributed by atoms with Gasteiger partial charge in [-0.15, -0.1) is 12.4 Å². The quantitative estimate of drug-likeness (QED) is 0.785. The highest BCUT2D eigenvalue weighted by atomic mass is 35.5. The third-order valence-electron chi connectivity index (χ3n) is 3.86. The van der Waals surface area contributed by atoms with Crippen LogP contribution in [0.1, 0.15) is 51.5 Å². The molecule has 0 saturated heterocycles. The molecule has 2 rings (SSSR count). The Morgan fingerprint density at radius 1 is 1.28 bits per heavy atom. The van der Waals surface area contributed by atoms with Gasteiger partial charge in [-0.25, -0.2) is 0 Å². The molecule has 0 aliphatic carbocycles. The van der Waals surface area contributed by atoms with Gasteiger partial charge >= 0.3 is 0 Å². The standard InChI is InChI=1S/C18H26N4O2.ClH/c1-12(2)13-5-7-14(8-6-13)17-20-16(24-22-17)10-9-15(23)21-18(3,4)11-19;/h5-8,12H,9-11,19H2,1-4H3,(H,21,23);1H. The van der Waals surface area contributed by atoms with Crippen molar-refractivity contribution in [3.63, 3.8) is 0 Å². The van der Waals surface area contributed by atoms with Gasteiger partial charge in [0.25, 0.3) is 0 Å². The highest BCUT2D eigenvalue weighted by Gasteiger charge is 2.18. The number of benzene rings is 1. The number of carbonyl (C=O) groups excluding carboxylic acids is 1. The minimum absolute atomic E-state index is 0. The van der Waals surface area contributed by atoms with Gasteiger partial charge in [0.15, 0.2) is 0 Å². The van der Waals surface area contributed by atoms with Crippen LogP contribution in [0.2, 0.25) is 0 Å². The van der Waals surface area contributed by atoms with Crippen LogP contribution in [0.3, 0.4) is 0 Å². The van der Waals surface area contributed by atoms with Crippen LogP contribution >= 0.6 is 12.4 Å². The first-order chi connectivity index (χ1) is 11.3. The molecule has 0 unspecified atom stereocenters. The van der Waals surface area contributed by atoms with Gasteiger partial charge in [-0.2, -0.15) is 4.98 Å². The van der Waals surface area contributed by atoms with E-state index < -0.39 is 5.54 Å². The molecule has 2 aromatic rings. The zero-order chi connectivity index (χ0) is 17.7. The maximum atomic E-state index is 11.9. The summed E-state index contributed by atoms with van der Waals surface area (Å²) in [5, 5.41) is 6.87. The predicted octanol–water partition coefficient (Wildman–Crippen LogP) is 3.07. The molecule has 1 amide bonds. The molecule has 1 heterocycles. The van der Waals surface area contributed by atoms with E-state index in [2.05, 4.69) is 41.4 Å². The van der Waals surface area contributed by atoms with Crippen LogP contribution in [0.25, 0.3) is 11.4 Å². The second kappa shape index (κ2) is 8.97. The van der Waals surface area contributed by atoms with E-state index in [1.807, 2.05) is 26.0 Å². The van der Waals surface area contributed by atoms with E-state index in [4.69, 9.17) is 10.3 Å². The van der Waals surface area contributed by atoms with Crippen LogP contribution in [-0.2, 0) is 11.2 Å².